The Hall–Kier alpha value is -2.70. The molecule has 0 saturated heterocycles. The van der Waals surface area contributed by atoms with Gasteiger partial charge in [0.05, 0.1) is 11.4 Å². The van der Waals surface area contributed by atoms with E-state index in [1.165, 1.54) is 0 Å². The molecule has 0 fully saturated rings. The lowest BCUT2D eigenvalue weighted by Crippen LogP contribution is -2.45. The molecule has 2 N–H and O–H groups in total. The average Bonchev–Trinajstić information content (AvgIpc) is 2.94. The maximum absolute atomic E-state index is 12.4. The molecule has 1 aromatic carbocycles. The molecule has 0 aliphatic rings. The van der Waals surface area contributed by atoms with E-state index >= 15 is 0 Å². The van der Waals surface area contributed by atoms with Crippen LogP contribution in [0.1, 0.15) is 36.5 Å². The van der Waals surface area contributed by atoms with E-state index in [-0.39, 0.29) is 11.6 Å². The molecule has 0 radical (unpaired) electrons. The molecule has 2 aromatic rings. The molecule has 1 aromatic heterocycles. The van der Waals surface area contributed by atoms with Crippen molar-refractivity contribution >= 4 is 11.9 Å². The van der Waals surface area contributed by atoms with Gasteiger partial charge in [-0.15, -0.1) is 5.10 Å². The SMILES string of the molecule is CCC(C)C(NC(=O)c1nnn(-c2ccccc2)c1C)C(=O)O. The minimum Gasteiger partial charge on any atom is -0.480 e. The van der Waals surface area contributed by atoms with Crippen molar-refractivity contribution in [3.63, 3.8) is 0 Å². The van der Waals surface area contributed by atoms with Crippen molar-refractivity contribution in [1.82, 2.24) is 20.3 Å². The monoisotopic (exact) mass is 316 g/mol. The molecule has 2 rings (SSSR count). The van der Waals surface area contributed by atoms with Crippen molar-refractivity contribution in [2.24, 2.45) is 5.92 Å². The number of aromatic nitrogens is 3. The van der Waals surface area contributed by atoms with Gasteiger partial charge in [-0.05, 0) is 25.0 Å². The van der Waals surface area contributed by atoms with Crippen LogP contribution in [0, 0.1) is 12.8 Å². The Kier molecular flexibility index (Phi) is 5.10. The normalized spacial score (nSPS) is 13.3. The summed E-state index contributed by atoms with van der Waals surface area (Å²) in [5, 5.41) is 19.7. The highest BCUT2D eigenvalue weighted by molar-refractivity contribution is 5.95. The molecule has 0 bridgehead atoms. The summed E-state index contributed by atoms with van der Waals surface area (Å²) in [4.78, 5) is 23.7. The summed E-state index contributed by atoms with van der Waals surface area (Å²) in [6.07, 6.45) is 0.646. The first-order valence-electron chi connectivity index (χ1n) is 7.47. The third-order valence-corrected chi connectivity index (χ3v) is 3.88. The number of carboxylic acid groups (broad SMARTS) is 1. The number of carbonyl (C=O) groups excluding carboxylic acids is 1. The van der Waals surface area contributed by atoms with Crippen molar-refractivity contribution in [2.45, 2.75) is 33.2 Å². The van der Waals surface area contributed by atoms with E-state index in [0.717, 1.165) is 5.69 Å². The molecule has 122 valence electrons. The van der Waals surface area contributed by atoms with Gasteiger partial charge in [-0.25, -0.2) is 9.48 Å². The van der Waals surface area contributed by atoms with Crippen molar-refractivity contribution in [1.29, 1.82) is 0 Å². The van der Waals surface area contributed by atoms with Gasteiger partial charge in [-0.2, -0.15) is 0 Å². The summed E-state index contributed by atoms with van der Waals surface area (Å²) >= 11 is 0. The van der Waals surface area contributed by atoms with Crippen LogP contribution in [0.15, 0.2) is 30.3 Å². The minimum absolute atomic E-state index is 0.128. The zero-order valence-electron chi connectivity index (χ0n) is 13.4. The van der Waals surface area contributed by atoms with Crippen LogP contribution in [0.25, 0.3) is 5.69 Å². The van der Waals surface area contributed by atoms with Crippen LogP contribution in [0.2, 0.25) is 0 Å². The number of nitrogens with zero attached hydrogens (tertiary/aromatic N) is 3. The lowest BCUT2D eigenvalue weighted by atomic mass is 9.99. The fourth-order valence-electron chi connectivity index (χ4n) is 2.25. The maximum atomic E-state index is 12.4. The molecule has 23 heavy (non-hydrogen) atoms. The second-order valence-corrected chi connectivity index (χ2v) is 5.45. The second-order valence-electron chi connectivity index (χ2n) is 5.45. The molecule has 0 aliphatic carbocycles. The third-order valence-electron chi connectivity index (χ3n) is 3.88. The van der Waals surface area contributed by atoms with Gasteiger partial charge < -0.3 is 10.4 Å². The number of carboxylic acids is 1. The zero-order valence-corrected chi connectivity index (χ0v) is 13.4. The van der Waals surface area contributed by atoms with Crippen LogP contribution >= 0.6 is 0 Å². The van der Waals surface area contributed by atoms with E-state index in [4.69, 9.17) is 0 Å². The first kappa shape index (κ1) is 16.7. The number of hydrogen-bond donors (Lipinski definition) is 2. The number of amides is 1. The molecule has 0 spiro atoms. The number of carbonyl (C=O) groups is 2. The molecular formula is C16H20N4O3. The average molecular weight is 316 g/mol. The molecule has 2 atom stereocenters. The summed E-state index contributed by atoms with van der Waals surface area (Å²) < 4.78 is 1.55. The predicted octanol–water partition coefficient (Wildman–Crippen LogP) is 1.80. The Morgan fingerprint density at radius 2 is 1.96 bits per heavy atom. The zero-order chi connectivity index (χ0) is 17.0. The van der Waals surface area contributed by atoms with E-state index in [1.807, 2.05) is 37.3 Å². The molecule has 1 amide bonds. The van der Waals surface area contributed by atoms with E-state index in [1.54, 1.807) is 18.5 Å². The Bertz CT molecular complexity index is 697. The molecule has 1 heterocycles. The molecule has 0 saturated carbocycles. The fourth-order valence-corrected chi connectivity index (χ4v) is 2.25. The van der Waals surface area contributed by atoms with Crippen LogP contribution in [-0.2, 0) is 4.79 Å². The van der Waals surface area contributed by atoms with Gasteiger partial charge in [0.25, 0.3) is 5.91 Å². The van der Waals surface area contributed by atoms with Gasteiger partial charge in [-0.3, -0.25) is 4.79 Å². The Balaban J connectivity index is 2.24. The Morgan fingerprint density at radius 3 is 2.52 bits per heavy atom. The van der Waals surface area contributed by atoms with Gasteiger partial charge in [0.2, 0.25) is 0 Å². The summed E-state index contributed by atoms with van der Waals surface area (Å²) in [7, 11) is 0. The second kappa shape index (κ2) is 7.04. The maximum Gasteiger partial charge on any atom is 0.326 e. The predicted molar refractivity (Wildman–Crippen MR) is 84.4 cm³/mol. The van der Waals surface area contributed by atoms with Crippen molar-refractivity contribution < 1.29 is 14.7 Å². The number of nitrogens with one attached hydrogen (secondary N) is 1. The van der Waals surface area contributed by atoms with Gasteiger partial charge in [-0.1, -0.05) is 43.7 Å². The summed E-state index contributed by atoms with van der Waals surface area (Å²) in [6, 6.07) is 8.35. The lowest BCUT2D eigenvalue weighted by Gasteiger charge is -2.19. The highest BCUT2D eigenvalue weighted by atomic mass is 16.4. The molecular weight excluding hydrogens is 296 g/mol. The molecule has 2 unspecified atom stereocenters. The first-order chi connectivity index (χ1) is 11.0. The fraction of sp³-hybridized carbons (Fsp3) is 0.375. The van der Waals surface area contributed by atoms with Crippen LogP contribution in [0.3, 0.4) is 0 Å². The quantitative estimate of drug-likeness (QED) is 0.847. The number of aliphatic carboxylic acids is 1. The van der Waals surface area contributed by atoms with E-state index in [2.05, 4.69) is 15.6 Å². The smallest absolute Gasteiger partial charge is 0.326 e. The van der Waals surface area contributed by atoms with E-state index in [9.17, 15) is 14.7 Å². The number of benzene rings is 1. The van der Waals surface area contributed by atoms with E-state index in [0.29, 0.717) is 12.1 Å². The van der Waals surface area contributed by atoms with E-state index < -0.39 is 17.9 Å². The Morgan fingerprint density at radius 1 is 1.30 bits per heavy atom. The van der Waals surface area contributed by atoms with Gasteiger partial charge in [0.1, 0.15) is 6.04 Å². The van der Waals surface area contributed by atoms with Crippen molar-refractivity contribution in [2.75, 3.05) is 0 Å². The summed E-state index contributed by atoms with van der Waals surface area (Å²) in [6.45, 7) is 5.39. The topological polar surface area (TPSA) is 97.1 Å². The highest BCUT2D eigenvalue weighted by Crippen LogP contribution is 2.13. The number of hydrogen-bond acceptors (Lipinski definition) is 4. The van der Waals surface area contributed by atoms with Gasteiger partial charge in [0, 0.05) is 0 Å². The Labute approximate surface area is 134 Å². The highest BCUT2D eigenvalue weighted by Gasteiger charge is 2.28. The van der Waals surface area contributed by atoms with Crippen LogP contribution < -0.4 is 5.32 Å². The van der Waals surface area contributed by atoms with Crippen molar-refractivity contribution in [3.8, 4) is 5.69 Å². The molecule has 7 heteroatoms. The summed E-state index contributed by atoms with van der Waals surface area (Å²) in [5.41, 5.74) is 1.47. The van der Waals surface area contributed by atoms with Crippen molar-refractivity contribution in [3.05, 3.63) is 41.7 Å². The van der Waals surface area contributed by atoms with Gasteiger partial charge >= 0.3 is 5.97 Å². The lowest BCUT2D eigenvalue weighted by molar-refractivity contribution is -0.140. The summed E-state index contributed by atoms with van der Waals surface area (Å²) in [5.74, 6) is -1.76. The standard InChI is InChI=1S/C16H20N4O3/c1-4-10(2)13(16(22)23)17-15(21)14-11(3)20(19-18-14)12-8-6-5-7-9-12/h5-10,13H,4H2,1-3H3,(H,17,21)(H,22,23). The van der Waals surface area contributed by atoms with Gasteiger partial charge in [0.15, 0.2) is 5.69 Å². The third kappa shape index (κ3) is 3.56. The van der Waals surface area contributed by atoms with Crippen LogP contribution in [-0.4, -0.2) is 38.0 Å². The van der Waals surface area contributed by atoms with Crippen LogP contribution in [0.4, 0.5) is 0 Å². The first-order valence-corrected chi connectivity index (χ1v) is 7.47. The largest absolute Gasteiger partial charge is 0.480 e. The number of para-hydroxylation sites is 1. The molecule has 0 aliphatic heterocycles. The minimum atomic E-state index is -1.05. The molecule has 7 nitrogen and oxygen atoms in total. The van der Waals surface area contributed by atoms with Crippen LogP contribution in [0.5, 0.6) is 0 Å². The number of rotatable bonds is 6.